The zero-order chi connectivity index (χ0) is 17.9. The van der Waals surface area contributed by atoms with Gasteiger partial charge in [0.1, 0.15) is 0 Å². The first kappa shape index (κ1) is 18.2. The second-order valence-electron chi connectivity index (χ2n) is 7.28. The first-order chi connectivity index (χ1) is 11.9. The average Bonchev–Trinajstić information content (AvgIpc) is 3.01. The molecule has 1 heterocycles. The molecule has 1 N–H and O–H groups in total. The first-order valence-corrected chi connectivity index (χ1v) is 9.07. The lowest BCUT2D eigenvalue weighted by Crippen LogP contribution is -2.44. The maximum Gasteiger partial charge on any atom is 0.393 e. The van der Waals surface area contributed by atoms with E-state index < -0.39 is 23.9 Å². The van der Waals surface area contributed by atoms with Crippen LogP contribution in [0.3, 0.4) is 0 Å². The minimum atomic E-state index is -4.35. The molecule has 3 rings (SSSR count). The monoisotopic (exact) mass is 354 g/mol. The lowest BCUT2D eigenvalue weighted by atomic mass is 9.92. The number of hydrogen-bond acceptors (Lipinski definition) is 2. The van der Waals surface area contributed by atoms with Crippen molar-refractivity contribution in [1.82, 2.24) is 10.2 Å². The fourth-order valence-electron chi connectivity index (χ4n) is 4.01. The zero-order valence-corrected chi connectivity index (χ0v) is 14.3. The van der Waals surface area contributed by atoms with Crippen molar-refractivity contribution in [3.8, 4) is 0 Å². The Balaban J connectivity index is 1.66. The molecule has 138 valence electrons. The molecule has 2 atom stereocenters. The largest absolute Gasteiger partial charge is 0.393 e. The van der Waals surface area contributed by atoms with Crippen molar-refractivity contribution in [3.05, 3.63) is 35.9 Å². The van der Waals surface area contributed by atoms with Crippen LogP contribution in [0.4, 0.5) is 13.2 Å². The standard InChI is InChI=1S/C19H25F3N2O/c20-19(21,22)17-13-24(11-14-7-3-1-4-8-14)12-16(17)18(25)23-15-9-5-2-6-10-15/h1,3-4,7-8,15-17H,2,5-6,9-13H2,(H,23,25)/t16-,17-/m0/s1. The molecular formula is C19H25F3N2O. The Kier molecular flexibility index (Phi) is 5.67. The highest BCUT2D eigenvalue weighted by Gasteiger charge is 2.52. The second kappa shape index (κ2) is 7.77. The molecule has 0 radical (unpaired) electrons. The molecule has 0 bridgehead atoms. The predicted octanol–water partition coefficient (Wildman–Crippen LogP) is 3.75. The van der Waals surface area contributed by atoms with Crippen LogP contribution >= 0.6 is 0 Å². The highest BCUT2D eigenvalue weighted by molar-refractivity contribution is 5.80. The molecule has 25 heavy (non-hydrogen) atoms. The Labute approximate surface area is 146 Å². The van der Waals surface area contributed by atoms with Gasteiger partial charge in [-0.2, -0.15) is 13.2 Å². The third kappa shape index (κ3) is 4.75. The normalized spacial score (nSPS) is 25.9. The van der Waals surface area contributed by atoms with Crippen LogP contribution < -0.4 is 5.32 Å². The maximum atomic E-state index is 13.5. The summed E-state index contributed by atoms with van der Waals surface area (Å²) in [5.74, 6) is -3.02. The Morgan fingerprint density at radius 1 is 1.08 bits per heavy atom. The Hall–Kier alpha value is -1.56. The molecule has 1 amide bonds. The minimum absolute atomic E-state index is 0.0401. The highest BCUT2D eigenvalue weighted by Crippen LogP contribution is 2.38. The summed E-state index contributed by atoms with van der Waals surface area (Å²) in [6.45, 7) is 0.499. The number of benzene rings is 1. The van der Waals surface area contributed by atoms with E-state index in [1.807, 2.05) is 30.3 Å². The van der Waals surface area contributed by atoms with E-state index in [4.69, 9.17) is 0 Å². The van der Waals surface area contributed by atoms with Crippen LogP contribution in [0, 0.1) is 11.8 Å². The summed E-state index contributed by atoms with van der Waals surface area (Å²) in [6.07, 6.45) is 0.633. The van der Waals surface area contributed by atoms with Crippen molar-refractivity contribution in [2.24, 2.45) is 11.8 Å². The summed E-state index contributed by atoms with van der Waals surface area (Å²) in [5, 5.41) is 2.88. The fraction of sp³-hybridized carbons (Fsp3) is 0.632. The van der Waals surface area contributed by atoms with E-state index in [1.54, 1.807) is 4.90 Å². The molecule has 0 spiro atoms. The molecule has 1 saturated heterocycles. The van der Waals surface area contributed by atoms with Gasteiger partial charge in [0.15, 0.2) is 0 Å². The van der Waals surface area contributed by atoms with Crippen molar-refractivity contribution in [2.45, 2.75) is 50.9 Å². The van der Waals surface area contributed by atoms with E-state index in [9.17, 15) is 18.0 Å². The van der Waals surface area contributed by atoms with Crippen molar-refractivity contribution in [2.75, 3.05) is 13.1 Å². The van der Waals surface area contributed by atoms with Gasteiger partial charge in [0, 0.05) is 25.7 Å². The van der Waals surface area contributed by atoms with Gasteiger partial charge >= 0.3 is 6.18 Å². The summed E-state index contributed by atoms with van der Waals surface area (Å²) in [6, 6.07) is 9.47. The molecule has 0 unspecified atom stereocenters. The summed E-state index contributed by atoms with van der Waals surface area (Å²) in [7, 11) is 0. The molecular weight excluding hydrogens is 329 g/mol. The SMILES string of the molecule is O=C(NC1CCCCC1)[C@H]1CN(Cc2ccccc2)C[C@@H]1C(F)(F)F. The molecule has 3 nitrogen and oxygen atoms in total. The van der Waals surface area contributed by atoms with E-state index in [1.165, 1.54) is 0 Å². The molecule has 1 aliphatic heterocycles. The van der Waals surface area contributed by atoms with Gasteiger partial charge in [-0.05, 0) is 18.4 Å². The summed E-state index contributed by atoms with van der Waals surface area (Å²) < 4.78 is 40.4. The van der Waals surface area contributed by atoms with Gasteiger partial charge < -0.3 is 5.32 Å². The number of carbonyl (C=O) groups excluding carboxylic acids is 1. The molecule has 1 aliphatic carbocycles. The number of alkyl halides is 3. The van der Waals surface area contributed by atoms with Gasteiger partial charge in [0.05, 0.1) is 11.8 Å². The number of rotatable bonds is 4. The Morgan fingerprint density at radius 2 is 1.76 bits per heavy atom. The van der Waals surface area contributed by atoms with Crippen LogP contribution in [-0.4, -0.2) is 36.1 Å². The lowest BCUT2D eigenvalue weighted by molar-refractivity contribution is -0.183. The van der Waals surface area contributed by atoms with Gasteiger partial charge in [0.25, 0.3) is 0 Å². The smallest absolute Gasteiger partial charge is 0.353 e. The molecule has 1 saturated carbocycles. The van der Waals surface area contributed by atoms with Gasteiger partial charge in [-0.25, -0.2) is 0 Å². The number of hydrogen-bond donors (Lipinski definition) is 1. The Morgan fingerprint density at radius 3 is 2.40 bits per heavy atom. The second-order valence-corrected chi connectivity index (χ2v) is 7.28. The number of carbonyl (C=O) groups is 1. The third-order valence-corrected chi connectivity index (χ3v) is 5.35. The Bertz CT molecular complexity index is 570. The quantitative estimate of drug-likeness (QED) is 0.893. The molecule has 2 fully saturated rings. The van der Waals surface area contributed by atoms with Crippen molar-refractivity contribution < 1.29 is 18.0 Å². The average molecular weight is 354 g/mol. The van der Waals surface area contributed by atoms with Gasteiger partial charge in [-0.15, -0.1) is 0 Å². The van der Waals surface area contributed by atoms with Gasteiger partial charge in [-0.3, -0.25) is 9.69 Å². The van der Waals surface area contributed by atoms with Crippen LogP contribution in [0.5, 0.6) is 0 Å². The molecule has 0 aromatic heterocycles. The van der Waals surface area contributed by atoms with E-state index in [0.717, 1.165) is 37.7 Å². The number of likely N-dealkylation sites (tertiary alicyclic amines) is 1. The van der Waals surface area contributed by atoms with Crippen LogP contribution in [0.1, 0.15) is 37.7 Å². The number of nitrogens with one attached hydrogen (secondary N) is 1. The third-order valence-electron chi connectivity index (χ3n) is 5.35. The zero-order valence-electron chi connectivity index (χ0n) is 14.3. The van der Waals surface area contributed by atoms with Gasteiger partial charge in [0.2, 0.25) is 5.91 Å². The highest BCUT2D eigenvalue weighted by atomic mass is 19.4. The van der Waals surface area contributed by atoms with Crippen molar-refractivity contribution in [1.29, 1.82) is 0 Å². The fourth-order valence-corrected chi connectivity index (χ4v) is 4.01. The van der Waals surface area contributed by atoms with E-state index in [0.29, 0.717) is 6.54 Å². The van der Waals surface area contributed by atoms with Crippen LogP contribution in [0.2, 0.25) is 0 Å². The molecule has 1 aromatic carbocycles. The van der Waals surface area contributed by atoms with E-state index in [2.05, 4.69) is 5.32 Å². The molecule has 2 aliphatic rings. The molecule has 1 aromatic rings. The van der Waals surface area contributed by atoms with E-state index >= 15 is 0 Å². The van der Waals surface area contributed by atoms with Crippen molar-refractivity contribution >= 4 is 5.91 Å². The summed E-state index contributed by atoms with van der Waals surface area (Å²) in [5.41, 5.74) is 0.969. The molecule has 6 heteroatoms. The summed E-state index contributed by atoms with van der Waals surface area (Å²) in [4.78, 5) is 14.3. The first-order valence-electron chi connectivity index (χ1n) is 9.07. The number of amides is 1. The van der Waals surface area contributed by atoms with Crippen molar-refractivity contribution in [3.63, 3.8) is 0 Å². The predicted molar refractivity (Wildman–Crippen MR) is 89.8 cm³/mol. The van der Waals surface area contributed by atoms with Crippen LogP contribution in [0.15, 0.2) is 30.3 Å². The summed E-state index contributed by atoms with van der Waals surface area (Å²) >= 11 is 0. The number of halogens is 3. The number of nitrogens with zero attached hydrogens (tertiary/aromatic N) is 1. The minimum Gasteiger partial charge on any atom is -0.353 e. The van der Waals surface area contributed by atoms with Crippen LogP contribution in [-0.2, 0) is 11.3 Å². The lowest BCUT2D eigenvalue weighted by Gasteiger charge is -2.26. The van der Waals surface area contributed by atoms with Crippen LogP contribution in [0.25, 0.3) is 0 Å². The van der Waals surface area contributed by atoms with E-state index in [-0.39, 0.29) is 19.1 Å². The van der Waals surface area contributed by atoms with Gasteiger partial charge in [-0.1, -0.05) is 49.6 Å². The topological polar surface area (TPSA) is 32.3 Å². The maximum absolute atomic E-state index is 13.5.